The second-order valence-corrected chi connectivity index (χ2v) is 15.7. The monoisotopic (exact) mass is 742 g/mol. The number of ether oxygens (including phenoxy) is 3. The van der Waals surface area contributed by atoms with E-state index in [4.69, 9.17) is 14.2 Å². The van der Waals surface area contributed by atoms with E-state index in [0.29, 0.717) is 19.4 Å². The topological polar surface area (TPSA) is 88.5 Å². The zero-order chi connectivity index (χ0) is 38.2. The first-order valence-corrected chi connectivity index (χ1v) is 22.9. The van der Waals surface area contributed by atoms with Crippen LogP contribution in [-0.2, 0) is 19.0 Å². The molecule has 0 aromatic carbocycles. The van der Waals surface area contributed by atoms with Gasteiger partial charge in [-0.05, 0) is 77.3 Å². The molecule has 7 heteroatoms. The number of aliphatic hydroxyl groups excluding tert-OH is 2. The van der Waals surface area contributed by atoms with Gasteiger partial charge in [0.05, 0.1) is 19.3 Å². The van der Waals surface area contributed by atoms with E-state index in [2.05, 4.69) is 25.7 Å². The third kappa shape index (κ3) is 36.3. The number of methoxy groups -OCH3 is 1. The number of rotatable bonds is 43. The first kappa shape index (κ1) is 51.3. The fraction of sp³-hybridized carbons (Fsp3) is 0.978. The van der Waals surface area contributed by atoms with Crippen LogP contribution in [0.3, 0.4) is 0 Å². The van der Waals surface area contributed by atoms with Gasteiger partial charge in [-0.1, -0.05) is 156 Å². The van der Waals surface area contributed by atoms with Gasteiger partial charge >= 0.3 is 5.97 Å². The van der Waals surface area contributed by atoms with Crippen LogP contribution in [-0.4, -0.2) is 79.5 Å². The predicted octanol–water partition coefficient (Wildman–Crippen LogP) is 12.1. The van der Waals surface area contributed by atoms with Crippen LogP contribution in [0.1, 0.15) is 226 Å². The maximum atomic E-state index is 12.7. The molecule has 0 bridgehead atoms. The summed E-state index contributed by atoms with van der Waals surface area (Å²) in [5.41, 5.74) is 0. The number of carbonyl (C=O) groups is 1. The Hall–Kier alpha value is -0.730. The van der Waals surface area contributed by atoms with Gasteiger partial charge in [0, 0.05) is 20.1 Å². The molecule has 0 rings (SSSR count). The lowest BCUT2D eigenvalue weighted by Crippen LogP contribution is -2.29. The smallest absolute Gasteiger partial charge is 0.306 e. The van der Waals surface area contributed by atoms with Crippen molar-refractivity contribution in [2.24, 2.45) is 0 Å². The van der Waals surface area contributed by atoms with Gasteiger partial charge in [0.2, 0.25) is 0 Å². The van der Waals surface area contributed by atoms with Crippen molar-refractivity contribution in [3.05, 3.63) is 0 Å². The summed E-state index contributed by atoms with van der Waals surface area (Å²) < 4.78 is 17.2. The van der Waals surface area contributed by atoms with Gasteiger partial charge in [0.15, 0.2) is 6.29 Å². The summed E-state index contributed by atoms with van der Waals surface area (Å²) in [6.45, 7) is 10.3. The lowest BCUT2D eigenvalue weighted by molar-refractivity contribution is -0.150. The minimum Gasteiger partial charge on any atom is -0.462 e. The molecule has 0 amide bonds. The maximum Gasteiger partial charge on any atom is 0.306 e. The standard InChI is InChI=1S/C45H91NO6/c1-5-8-11-14-19-25-32-42(33-26-20-15-12-9-6-2)52-45(49)36-29-22-17-24-31-38-46(39-40-47)37-30-23-16-21-28-35-44(48)51-41-43(50-4)34-27-18-13-10-7-3/h42-44,47-48H,5-41H2,1-4H3. The predicted molar refractivity (Wildman–Crippen MR) is 221 cm³/mol. The molecule has 0 aliphatic heterocycles. The Bertz CT molecular complexity index is 693. The van der Waals surface area contributed by atoms with Crippen LogP contribution in [0.2, 0.25) is 0 Å². The Morgan fingerprint density at radius 2 is 0.923 bits per heavy atom. The molecule has 0 aromatic heterocycles. The van der Waals surface area contributed by atoms with E-state index >= 15 is 0 Å². The minimum atomic E-state index is -0.696. The Morgan fingerprint density at radius 3 is 1.38 bits per heavy atom. The zero-order valence-electron chi connectivity index (χ0n) is 35.4. The second kappa shape index (κ2) is 41.4. The average molecular weight is 742 g/mol. The van der Waals surface area contributed by atoms with Gasteiger partial charge in [-0.3, -0.25) is 4.79 Å². The van der Waals surface area contributed by atoms with E-state index in [1.165, 1.54) is 122 Å². The number of esters is 1. The van der Waals surface area contributed by atoms with Crippen LogP contribution in [0.15, 0.2) is 0 Å². The molecule has 2 unspecified atom stereocenters. The molecular weight excluding hydrogens is 650 g/mol. The van der Waals surface area contributed by atoms with Crippen LogP contribution in [0.4, 0.5) is 0 Å². The molecule has 52 heavy (non-hydrogen) atoms. The first-order valence-electron chi connectivity index (χ1n) is 22.9. The van der Waals surface area contributed by atoms with Crippen molar-refractivity contribution in [3.63, 3.8) is 0 Å². The van der Waals surface area contributed by atoms with Crippen molar-refractivity contribution >= 4 is 5.97 Å². The summed E-state index contributed by atoms with van der Waals surface area (Å²) in [5, 5.41) is 19.8. The van der Waals surface area contributed by atoms with Crippen LogP contribution < -0.4 is 0 Å². The number of carbonyl (C=O) groups excluding carboxylic acids is 1. The van der Waals surface area contributed by atoms with Gasteiger partial charge in [0.1, 0.15) is 6.10 Å². The Morgan fingerprint density at radius 1 is 0.519 bits per heavy atom. The lowest BCUT2D eigenvalue weighted by Gasteiger charge is -2.21. The average Bonchev–Trinajstić information content (AvgIpc) is 3.14. The minimum absolute atomic E-state index is 0.0135. The van der Waals surface area contributed by atoms with Crippen LogP contribution in [0, 0.1) is 0 Å². The van der Waals surface area contributed by atoms with Crippen molar-refractivity contribution in [1.82, 2.24) is 4.90 Å². The summed E-state index contributed by atoms with van der Waals surface area (Å²) in [7, 11) is 1.74. The lowest BCUT2D eigenvalue weighted by atomic mass is 10.0. The molecule has 0 radical (unpaired) electrons. The number of hydrogen-bond acceptors (Lipinski definition) is 7. The molecule has 0 aliphatic rings. The molecule has 312 valence electrons. The Labute approximate surface area is 324 Å². The summed E-state index contributed by atoms with van der Waals surface area (Å²) >= 11 is 0. The SMILES string of the molecule is CCCCCCCCC(CCCCCCCC)OC(=O)CCCCCCCN(CCO)CCCCCCCC(O)OCC(CCCCCCC)OC. The highest BCUT2D eigenvalue weighted by molar-refractivity contribution is 5.69. The largest absolute Gasteiger partial charge is 0.462 e. The highest BCUT2D eigenvalue weighted by Crippen LogP contribution is 2.19. The fourth-order valence-electron chi connectivity index (χ4n) is 7.15. The number of aliphatic hydroxyl groups is 2. The molecule has 2 atom stereocenters. The number of hydrogen-bond donors (Lipinski definition) is 2. The Kier molecular flexibility index (Phi) is 40.9. The molecule has 0 aromatic rings. The molecule has 2 N–H and O–H groups in total. The van der Waals surface area contributed by atoms with E-state index in [0.717, 1.165) is 90.3 Å². The molecule has 0 spiro atoms. The number of nitrogens with zero attached hydrogens (tertiary/aromatic N) is 1. The Balaban J connectivity index is 4.02. The fourth-order valence-corrected chi connectivity index (χ4v) is 7.15. The van der Waals surface area contributed by atoms with Gasteiger partial charge in [-0.2, -0.15) is 0 Å². The molecular formula is C45H91NO6. The summed E-state index contributed by atoms with van der Waals surface area (Å²) in [6.07, 6.45) is 36.5. The van der Waals surface area contributed by atoms with Gasteiger partial charge < -0.3 is 29.3 Å². The molecule has 0 aliphatic carbocycles. The second-order valence-electron chi connectivity index (χ2n) is 15.7. The van der Waals surface area contributed by atoms with E-state index in [1.54, 1.807) is 7.11 Å². The van der Waals surface area contributed by atoms with Crippen LogP contribution in [0.5, 0.6) is 0 Å². The van der Waals surface area contributed by atoms with Gasteiger partial charge in [-0.15, -0.1) is 0 Å². The highest BCUT2D eigenvalue weighted by Gasteiger charge is 2.15. The van der Waals surface area contributed by atoms with Gasteiger partial charge in [0.25, 0.3) is 0 Å². The highest BCUT2D eigenvalue weighted by atomic mass is 16.6. The van der Waals surface area contributed by atoms with Crippen molar-refractivity contribution in [3.8, 4) is 0 Å². The maximum absolute atomic E-state index is 12.7. The molecule has 0 saturated carbocycles. The molecule has 0 heterocycles. The van der Waals surface area contributed by atoms with Crippen molar-refractivity contribution in [1.29, 1.82) is 0 Å². The van der Waals surface area contributed by atoms with Gasteiger partial charge in [-0.25, -0.2) is 0 Å². The van der Waals surface area contributed by atoms with E-state index in [1.807, 2.05) is 0 Å². The first-order chi connectivity index (χ1) is 25.5. The van der Waals surface area contributed by atoms with E-state index in [9.17, 15) is 15.0 Å². The summed E-state index contributed by atoms with van der Waals surface area (Å²) in [5.74, 6) is 0.0135. The normalized spacial score (nSPS) is 13.0. The quantitative estimate of drug-likeness (QED) is 0.0365. The third-order valence-electron chi connectivity index (χ3n) is 10.7. The summed E-state index contributed by atoms with van der Waals surface area (Å²) in [4.78, 5) is 15.1. The van der Waals surface area contributed by atoms with Crippen molar-refractivity contribution in [2.75, 3.05) is 40.0 Å². The molecule has 7 nitrogen and oxygen atoms in total. The van der Waals surface area contributed by atoms with E-state index < -0.39 is 6.29 Å². The number of unbranched alkanes of at least 4 members (excludes halogenated alkanes) is 22. The summed E-state index contributed by atoms with van der Waals surface area (Å²) in [6, 6.07) is 0. The molecule has 0 saturated heterocycles. The van der Waals surface area contributed by atoms with Crippen molar-refractivity contribution < 1.29 is 29.2 Å². The van der Waals surface area contributed by atoms with Crippen LogP contribution >= 0.6 is 0 Å². The molecule has 0 fully saturated rings. The zero-order valence-corrected chi connectivity index (χ0v) is 35.4. The third-order valence-corrected chi connectivity index (χ3v) is 10.7. The van der Waals surface area contributed by atoms with Crippen LogP contribution in [0.25, 0.3) is 0 Å². The van der Waals surface area contributed by atoms with E-state index in [-0.39, 0.29) is 24.8 Å². The van der Waals surface area contributed by atoms with Crippen molar-refractivity contribution in [2.45, 2.75) is 245 Å².